The van der Waals surface area contributed by atoms with E-state index in [-0.39, 0.29) is 23.4 Å². The number of aromatic nitrogens is 3. The van der Waals surface area contributed by atoms with Crippen molar-refractivity contribution in [3.8, 4) is 17.3 Å². The molecule has 1 N–H and O–H groups in total. The SMILES string of the molecule is CC(=O)c1nc(C(=O)NC[C@H](C)n2ccc(-c3ccc(C#N)c(Cl)c3C)n2)co1. The second-order valence-corrected chi connectivity index (χ2v) is 6.92. The van der Waals surface area contributed by atoms with E-state index in [1.165, 1.54) is 6.92 Å². The van der Waals surface area contributed by atoms with Crippen molar-refractivity contribution in [2.45, 2.75) is 26.8 Å². The van der Waals surface area contributed by atoms with E-state index in [2.05, 4.69) is 21.5 Å². The number of amides is 1. The van der Waals surface area contributed by atoms with E-state index >= 15 is 0 Å². The van der Waals surface area contributed by atoms with Gasteiger partial charge in [-0.15, -0.1) is 0 Å². The molecule has 0 unspecified atom stereocenters. The smallest absolute Gasteiger partial charge is 0.273 e. The zero-order valence-electron chi connectivity index (χ0n) is 16.1. The molecule has 0 saturated heterocycles. The Hall–Kier alpha value is -3.44. The lowest BCUT2D eigenvalue weighted by Gasteiger charge is -2.13. The van der Waals surface area contributed by atoms with Crippen LogP contribution in [-0.2, 0) is 0 Å². The summed E-state index contributed by atoms with van der Waals surface area (Å²) < 4.78 is 6.69. The van der Waals surface area contributed by atoms with Crippen LogP contribution in [0.5, 0.6) is 0 Å². The van der Waals surface area contributed by atoms with E-state index in [4.69, 9.17) is 21.3 Å². The molecule has 0 radical (unpaired) electrons. The number of halogens is 1. The molecule has 0 aliphatic heterocycles. The van der Waals surface area contributed by atoms with Gasteiger partial charge in [-0.25, -0.2) is 4.98 Å². The van der Waals surface area contributed by atoms with E-state index in [0.717, 1.165) is 23.1 Å². The number of rotatable bonds is 6. The molecule has 29 heavy (non-hydrogen) atoms. The Morgan fingerprint density at radius 1 is 1.38 bits per heavy atom. The first-order chi connectivity index (χ1) is 13.8. The Morgan fingerprint density at radius 3 is 2.79 bits per heavy atom. The average molecular weight is 412 g/mol. The second kappa shape index (κ2) is 8.29. The van der Waals surface area contributed by atoms with Crippen LogP contribution in [0.15, 0.2) is 35.1 Å². The molecule has 0 aliphatic rings. The van der Waals surface area contributed by atoms with Gasteiger partial charge in [0.15, 0.2) is 5.69 Å². The number of oxazole rings is 1. The van der Waals surface area contributed by atoms with Crippen molar-refractivity contribution in [1.82, 2.24) is 20.1 Å². The minimum atomic E-state index is -0.435. The molecule has 0 fully saturated rings. The molecule has 0 spiro atoms. The lowest BCUT2D eigenvalue weighted by molar-refractivity contribution is 0.0942. The summed E-state index contributed by atoms with van der Waals surface area (Å²) in [5.74, 6) is -0.883. The first kappa shape index (κ1) is 20.3. The molecule has 2 aromatic heterocycles. The molecule has 1 amide bonds. The first-order valence-corrected chi connectivity index (χ1v) is 9.19. The second-order valence-electron chi connectivity index (χ2n) is 6.55. The Labute approximate surface area is 172 Å². The summed E-state index contributed by atoms with van der Waals surface area (Å²) in [6.07, 6.45) is 2.96. The van der Waals surface area contributed by atoms with Crippen molar-refractivity contribution in [3.63, 3.8) is 0 Å². The molecular weight excluding hydrogens is 394 g/mol. The zero-order valence-corrected chi connectivity index (χ0v) is 16.8. The van der Waals surface area contributed by atoms with Crippen LogP contribution in [0.4, 0.5) is 0 Å². The third-order valence-electron chi connectivity index (χ3n) is 4.44. The molecule has 148 valence electrons. The standard InChI is InChI=1S/C20H18ClN5O3/c1-11(9-23-19(28)17-10-29-20(24-17)13(3)27)26-7-6-16(25-26)15-5-4-14(8-22)18(21)12(15)2/h4-7,10-11H,9H2,1-3H3,(H,23,28)/t11-/m0/s1. The predicted octanol–water partition coefficient (Wildman–Crippen LogP) is 3.57. The number of nitrogens with zero attached hydrogens (tertiary/aromatic N) is 4. The summed E-state index contributed by atoms with van der Waals surface area (Å²) in [7, 11) is 0. The van der Waals surface area contributed by atoms with Crippen LogP contribution in [0.2, 0.25) is 5.02 Å². The van der Waals surface area contributed by atoms with Crippen LogP contribution in [-0.4, -0.2) is 33.0 Å². The molecule has 3 rings (SSSR count). The molecule has 1 aromatic carbocycles. The maximum Gasteiger partial charge on any atom is 0.273 e. The predicted molar refractivity (Wildman–Crippen MR) is 106 cm³/mol. The van der Waals surface area contributed by atoms with Gasteiger partial charge in [-0.1, -0.05) is 17.7 Å². The van der Waals surface area contributed by atoms with Gasteiger partial charge in [0.2, 0.25) is 5.78 Å². The summed E-state index contributed by atoms with van der Waals surface area (Å²) in [6.45, 7) is 5.36. The summed E-state index contributed by atoms with van der Waals surface area (Å²) in [5, 5.41) is 16.8. The van der Waals surface area contributed by atoms with E-state index in [9.17, 15) is 9.59 Å². The van der Waals surface area contributed by atoms with Gasteiger partial charge in [-0.05, 0) is 31.5 Å². The van der Waals surface area contributed by atoms with Gasteiger partial charge in [-0.3, -0.25) is 14.3 Å². The Bertz CT molecular complexity index is 1130. The number of benzene rings is 1. The van der Waals surface area contributed by atoms with Gasteiger partial charge < -0.3 is 9.73 Å². The van der Waals surface area contributed by atoms with E-state index < -0.39 is 5.91 Å². The highest BCUT2D eigenvalue weighted by Crippen LogP contribution is 2.30. The van der Waals surface area contributed by atoms with Crippen molar-refractivity contribution < 1.29 is 14.0 Å². The quantitative estimate of drug-likeness (QED) is 0.620. The van der Waals surface area contributed by atoms with Crippen molar-refractivity contribution in [2.24, 2.45) is 0 Å². The molecule has 0 saturated carbocycles. The molecule has 1 atom stereocenters. The highest BCUT2D eigenvalue weighted by molar-refractivity contribution is 6.32. The van der Waals surface area contributed by atoms with Gasteiger partial charge in [0, 0.05) is 25.2 Å². The van der Waals surface area contributed by atoms with Crippen LogP contribution in [0.25, 0.3) is 11.3 Å². The van der Waals surface area contributed by atoms with Crippen molar-refractivity contribution >= 4 is 23.3 Å². The van der Waals surface area contributed by atoms with Gasteiger partial charge in [0.25, 0.3) is 11.8 Å². The maximum atomic E-state index is 12.2. The van der Waals surface area contributed by atoms with Gasteiger partial charge in [0.1, 0.15) is 12.3 Å². The molecule has 3 aromatic rings. The largest absolute Gasteiger partial charge is 0.441 e. The van der Waals surface area contributed by atoms with Crippen LogP contribution in [0.1, 0.15) is 52.2 Å². The van der Waals surface area contributed by atoms with Crippen molar-refractivity contribution in [1.29, 1.82) is 5.26 Å². The number of nitriles is 1. The number of carbonyl (C=O) groups excluding carboxylic acids is 2. The highest BCUT2D eigenvalue weighted by Gasteiger charge is 2.17. The van der Waals surface area contributed by atoms with Gasteiger partial charge >= 0.3 is 0 Å². The summed E-state index contributed by atoms with van der Waals surface area (Å²) in [4.78, 5) is 27.2. The Balaban J connectivity index is 1.69. The summed E-state index contributed by atoms with van der Waals surface area (Å²) in [6, 6.07) is 7.25. The van der Waals surface area contributed by atoms with E-state index in [1.807, 2.05) is 32.2 Å². The fraction of sp³-hybridized carbons (Fsp3) is 0.250. The highest BCUT2D eigenvalue weighted by atomic mass is 35.5. The number of hydrogen-bond acceptors (Lipinski definition) is 6. The first-order valence-electron chi connectivity index (χ1n) is 8.81. The average Bonchev–Trinajstić information content (AvgIpc) is 3.38. The number of nitrogens with one attached hydrogen (secondary N) is 1. The van der Waals surface area contributed by atoms with Crippen molar-refractivity contribution in [3.05, 3.63) is 58.4 Å². The lowest BCUT2D eigenvalue weighted by atomic mass is 10.0. The Morgan fingerprint density at radius 2 is 2.14 bits per heavy atom. The third kappa shape index (κ3) is 4.20. The van der Waals surface area contributed by atoms with Gasteiger partial charge in [0.05, 0.1) is 22.3 Å². The number of carbonyl (C=O) groups is 2. The topological polar surface area (TPSA) is 114 Å². The number of ketones is 1. The third-order valence-corrected chi connectivity index (χ3v) is 4.93. The minimum Gasteiger partial charge on any atom is -0.441 e. The van der Waals surface area contributed by atoms with Crippen LogP contribution < -0.4 is 5.32 Å². The molecule has 2 heterocycles. The van der Waals surface area contributed by atoms with E-state index in [0.29, 0.717) is 17.1 Å². The lowest BCUT2D eigenvalue weighted by Crippen LogP contribution is -2.30. The normalized spacial score (nSPS) is 11.7. The summed E-state index contributed by atoms with van der Waals surface area (Å²) >= 11 is 6.24. The fourth-order valence-electron chi connectivity index (χ4n) is 2.74. The summed E-state index contributed by atoms with van der Waals surface area (Å²) in [5.41, 5.74) is 2.80. The number of hydrogen-bond donors (Lipinski definition) is 1. The molecular formula is C20H18ClN5O3. The number of Topliss-reactive ketones (excluding diaryl/α,β-unsaturated/α-hetero) is 1. The minimum absolute atomic E-state index is 0.0476. The fourth-order valence-corrected chi connectivity index (χ4v) is 2.95. The van der Waals surface area contributed by atoms with Crippen LogP contribution >= 0.6 is 11.6 Å². The maximum absolute atomic E-state index is 12.2. The van der Waals surface area contributed by atoms with Gasteiger partial charge in [-0.2, -0.15) is 10.4 Å². The molecule has 8 nitrogen and oxygen atoms in total. The monoisotopic (exact) mass is 411 g/mol. The molecule has 9 heteroatoms. The van der Waals surface area contributed by atoms with E-state index in [1.54, 1.807) is 10.7 Å². The zero-order chi connectivity index (χ0) is 21.1. The van der Waals surface area contributed by atoms with Crippen molar-refractivity contribution in [2.75, 3.05) is 6.54 Å². The molecule has 0 bridgehead atoms. The van der Waals surface area contributed by atoms with Crippen LogP contribution in [0.3, 0.4) is 0 Å². The van der Waals surface area contributed by atoms with Crippen LogP contribution in [0, 0.1) is 18.3 Å². The Kier molecular flexibility index (Phi) is 5.80. The molecule has 0 aliphatic carbocycles.